The SMILES string of the molecule is CCCC(=O)Nc1ccc(C(=O)COC(=O)/C=C\c2c(C)nn(-c3ccccc3)c2C)cc1. The summed E-state index contributed by atoms with van der Waals surface area (Å²) in [4.78, 5) is 36.1. The molecule has 0 aliphatic rings. The zero-order chi connectivity index (χ0) is 23.8. The lowest BCUT2D eigenvalue weighted by atomic mass is 10.1. The molecule has 1 aromatic heterocycles. The predicted molar refractivity (Wildman–Crippen MR) is 127 cm³/mol. The third-order valence-corrected chi connectivity index (χ3v) is 5.05. The van der Waals surface area contributed by atoms with Gasteiger partial charge < -0.3 is 10.1 Å². The number of Topliss-reactive ketones (excluding diaryl/α,β-unsaturated/α-hetero) is 1. The van der Waals surface area contributed by atoms with Crippen LogP contribution in [0.15, 0.2) is 60.7 Å². The number of para-hydroxylation sites is 1. The largest absolute Gasteiger partial charge is 0.454 e. The van der Waals surface area contributed by atoms with E-state index in [1.165, 1.54) is 6.08 Å². The number of amides is 1. The first-order chi connectivity index (χ1) is 15.9. The molecular weight excluding hydrogens is 418 g/mol. The average Bonchev–Trinajstić information content (AvgIpc) is 3.10. The molecule has 170 valence electrons. The second-order valence-corrected chi connectivity index (χ2v) is 7.57. The van der Waals surface area contributed by atoms with Gasteiger partial charge in [0.25, 0.3) is 0 Å². The number of ether oxygens (including phenoxy) is 1. The molecule has 0 aliphatic heterocycles. The van der Waals surface area contributed by atoms with Gasteiger partial charge in [-0.3, -0.25) is 9.59 Å². The molecule has 7 nitrogen and oxygen atoms in total. The molecule has 0 atom stereocenters. The van der Waals surface area contributed by atoms with Gasteiger partial charge >= 0.3 is 5.97 Å². The number of aromatic nitrogens is 2. The highest BCUT2D eigenvalue weighted by Crippen LogP contribution is 2.19. The van der Waals surface area contributed by atoms with Crippen molar-refractivity contribution in [2.24, 2.45) is 0 Å². The van der Waals surface area contributed by atoms with E-state index >= 15 is 0 Å². The topological polar surface area (TPSA) is 90.3 Å². The van der Waals surface area contributed by atoms with Gasteiger partial charge in [-0.15, -0.1) is 0 Å². The van der Waals surface area contributed by atoms with E-state index in [1.807, 2.05) is 55.8 Å². The first-order valence-corrected chi connectivity index (χ1v) is 10.8. The van der Waals surface area contributed by atoms with Gasteiger partial charge in [0.1, 0.15) is 0 Å². The number of esters is 1. The summed E-state index contributed by atoms with van der Waals surface area (Å²) in [6, 6.07) is 16.2. The van der Waals surface area contributed by atoms with Crippen LogP contribution in [0.2, 0.25) is 0 Å². The minimum Gasteiger partial charge on any atom is -0.454 e. The molecule has 2 aromatic carbocycles. The van der Waals surface area contributed by atoms with Gasteiger partial charge in [-0.25, -0.2) is 9.48 Å². The Morgan fingerprint density at radius 1 is 1.03 bits per heavy atom. The summed E-state index contributed by atoms with van der Waals surface area (Å²) in [7, 11) is 0. The standard InChI is InChI=1S/C26H27N3O4/c1-4-8-25(31)27-21-13-11-20(12-14-21)24(30)17-33-26(32)16-15-23-18(2)28-29(19(23)3)22-9-6-5-7-10-22/h5-7,9-16H,4,8,17H2,1-3H3,(H,27,31)/b16-15-. The lowest BCUT2D eigenvalue weighted by molar-refractivity contribution is -0.136. The minimum atomic E-state index is -0.613. The highest BCUT2D eigenvalue weighted by molar-refractivity contribution is 5.99. The maximum atomic E-state index is 12.3. The molecule has 0 saturated heterocycles. The van der Waals surface area contributed by atoms with Gasteiger partial charge in [-0.2, -0.15) is 5.10 Å². The highest BCUT2D eigenvalue weighted by Gasteiger charge is 2.12. The molecule has 0 fully saturated rings. The van der Waals surface area contributed by atoms with E-state index in [9.17, 15) is 14.4 Å². The van der Waals surface area contributed by atoms with Crippen LogP contribution < -0.4 is 5.32 Å². The maximum absolute atomic E-state index is 12.3. The van der Waals surface area contributed by atoms with Crippen molar-refractivity contribution in [3.63, 3.8) is 0 Å². The summed E-state index contributed by atoms with van der Waals surface area (Å²) in [5.41, 5.74) is 4.44. The molecular formula is C26H27N3O4. The van der Waals surface area contributed by atoms with Crippen LogP contribution >= 0.6 is 0 Å². The van der Waals surface area contributed by atoms with E-state index in [1.54, 1.807) is 30.3 Å². The number of nitrogens with zero attached hydrogens (tertiary/aromatic N) is 2. The number of hydrogen-bond acceptors (Lipinski definition) is 5. The fourth-order valence-electron chi connectivity index (χ4n) is 3.33. The van der Waals surface area contributed by atoms with Crippen LogP contribution in [0.3, 0.4) is 0 Å². The molecule has 0 radical (unpaired) electrons. The van der Waals surface area contributed by atoms with Crippen LogP contribution in [0.25, 0.3) is 11.8 Å². The molecule has 0 spiro atoms. The molecule has 3 aromatic rings. The number of ketones is 1. The maximum Gasteiger partial charge on any atom is 0.331 e. The predicted octanol–water partition coefficient (Wildman–Crippen LogP) is 4.67. The Hall–Kier alpha value is -4.00. The molecule has 33 heavy (non-hydrogen) atoms. The number of aryl methyl sites for hydroxylation is 1. The summed E-state index contributed by atoms with van der Waals surface area (Å²) in [5.74, 6) is -1.01. The Morgan fingerprint density at radius 2 is 1.73 bits per heavy atom. The highest BCUT2D eigenvalue weighted by atomic mass is 16.5. The Morgan fingerprint density at radius 3 is 2.39 bits per heavy atom. The van der Waals surface area contributed by atoms with Crippen molar-refractivity contribution in [1.82, 2.24) is 9.78 Å². The third kappa shape index (κ3) is 6.26. The first-order valence-electron chi connectivity index (χ1n) is 10.8. The Bertz CT molecular complexity index is 1160. The number of anilines is 1. The fraction of sp³-hybridized carbons (Fsp3) is 0.231. The summed E-state index contributed by atoms with van der Waals surface area (Å²) in [6.07, 6.45) is 4.15. The summed E-state index contributed by atoms with van der Waals surface area (Å²) < 4.78 is 6.92. The number of rotatable bonds is 9. The third-order valence-electron chi connectivity index (χ3n) is 5.05. The van der Waals surface area contributed by atoms with Gasteiger partial charge in [-0.05, 0) is 62.7 Å². The smallest absolute Gasteiger partial charge is 0.331 e. The quantitative estimate of drug-likeness (QED) is 0.294. The number of carbonyl (C=O) groups is 3. The number of benzene rings is 2. The zero-order valence-corrected chi connectivity index (χ0v) is 19.0. The van der Waals surface area contributed by atoms with Crippen LogP contribution in [0.4, 0.5) is 5.69 Å². The zero-order valence-electron chi connectivity index (χ0n) is 19.0. The van der Waals surface area contributed by atoms with Gasteiger partial charge in [0.15, 0.2) is 12.4 Å². The number of carbonyl (C=O) groups excluding carboxylic acids is 3. The second kappa shape index (κ2) is 11.0. The van der Waals surface area contributed by atoms with Gasteiger partial charge in [0.05, 0.1) is 11.4 Å². The van der Waals surface area contributed by atoms with Crippen LogP contribution in [0, 0.1) is 13.8 Å². The fourth-order valence-corrected chi connectivity index (χ4v) is 3.33. The van der Waals surface area contributed by atoms with Crippen LogP contribution in [0.1, 0.15) is 47.1 Å². The first kappa shape index (κ1) is 23.7. The van der Waals surface area contributed by atoms with Crippen molar-refractivity contribution < 1.29 is 19.1 Å². The molecule has 0 bridgehead atoms. The lowest BCUT2D eigenvalue weighted by Gasteiger charge is -2.06. The summed E-state index contributed by atoms with van der Waals surface area (Å²) in [6.45, 7) is 5.36. The molecule has 7 heteroatoms. The average molecular weight is 446 g/mol. The van der Waals surface area contributed by atoms with Gasteiger partial charge in [0.2, 0.25) is 5.91 Å². The van der Waals surface area contributed by atoms with E-state index in [-0.39, 0.29) is 18.3 Å². The molecule has 1 N–H and O–H groups in total. The molecule has 3 rings (SSSR count). The van der Waals surface area contributed by atoms with Gasteiger partial charge in [-0.1, -0.05) is 25.1 Å². The van der Waals surface area contributed by atoms with Crippen LogP contribution in [-0.2, 0) is 14.3 Å². The van der Waals surface area contributed by atoms with Crippen molar-refractivity contribution in [3.05, 3.63) is 83.2 Å². The van der Waals surface area contributed by atoms with E-state index < -0.39 is 5.97 Å². The lowest BCUT2D eigenvalue weighted by Crippen LogP contribution is -2.13. The number of nitrogens with one attached hydrogen (secondary N) is 1. The molecule has 1 heterocycles. The van der Waals surface area contributed by atoms with E-state index in [0.717, 1.165) is 29.1 Å². The Balaban J connectivity index is 1.57. The minimum absolute atomic E-state index is 0.0721. The number of hydrogen-bond donors (Lipinski definition) is 1. The summed E-state index contributed by atoms with van der Waals surface area (Å²) >= 11 is 0. The van der Waals surface area contributed by atoms with Gasteiger partial charge in [0, 0.05) is 35.0 Å². The molecule has 0 saturated carbocycles. The molecule has 1 amide bonds. The van der Waals surface area contributed by atoms with E-state index in [0.29, 0.717) is 17.7 Å². The van der Waals surface area contributed by atoms with Crippen LogP contribution in [-0.4, -0.2) is 34.0 Å². The van der Waals surface area contributed by atoms with Crippen LogP contribution in [0.5, 0.6) is 0 Å². The van der Waals surface area contributed by atoms with E-state index in [4.69, 9.17) is 4.74 Å². The van der Waals surface area contributed by atoms with E-state index in [2.05, 4.69) is 10.4 Å². The Labute approximate surface area is 193 Å². The second-order valence-electron chi connectivity index (χ2n) is 7.57. The van der Waals surface area contributed by atoms with Crippen molar-refractivity contribution >= 4 is 29.4 Å². The molecule has 0 aliphatic carbocycles. The van der Waals surface area contributed by atoms with Crippen molar-refractivity contribution in [2.75, 3.05) is 11.9 Å². The van der Waals surface area contributed by atoms with Crippen molar-refractivity contribution in [1.29, 1.82) is 0 Å². The van der Waals surface area contributed by atoms with Crippen molar-refractivity contribution in [2.45, 2.75) is 33.6 Å². The molecule has 0 unspecified atom stereocenters. The Kier molecular flexibility index (Phi) is 7.91. The monoisotopic (exact) mass is 445 g/mol. The summed E-state index contributed by atoms with van der Waals surface area (Å²) in [5, 5.41) is 7.30. The normalized spacial score (nSPS) is 10.9. The van der Waals surface area contributed by atoms with Crippen molar-refractivity contribution in [3.8, 4) is 5.69 Å².